The van der Waals surface area contributed by atoms with Gasteiger partial charge in [-0.05, 0) is 24.1 Å². The summed E-state index contributed by atoms with van der Waals surface area (Å²) in [5.41, 5.74) is 6.61. The zero-order chi connectivity index (χ0) is 11.9. The van der Waals surface area contributed by atoms with Crippen LogP contribution in [0, 0.1) is 11.6 Å². The number of aromatic nitrogens is 1. The van der Waals surface area contributed by atoms with E-state index in [-0.39, 0.29) is 22.5 Å². The number of rotatable bonds is 1. The Bertz CT molecular complexity index is 550. The predicted molar refractivity (Wildman–Crippen MR) is 60.2 cm³/mol. The van der Waals surface area contributed by atoms with Crippen molar-refractivity contribution in [3.8, 4) is 0 Å². The molecule has 0 bridgehead atoms. The van der Waals surface area contributed by atoms with Crippen LogP contribution in [0.15, 0.2) is 18.2 Å². The molecule has 0 fully saturated rings. The van der Waals surface area contributed by atoms with Gasteiger partial charge in [0.05, 0.1) is 5.39 Å². The lowest BCUT2D eigenvalue weighted by Gasteiger charge is -2.09. The van der Waals surface area contributed by atoms with Gasteiger partial charge in [0.1, 0.15) is 17.2 Å². The van der Waals surface area contributed by atoms with Crippen molar-refractivity contribution >= 4 is 16.6 Å². The molecule has 0 atom stereocenters. The Morgan fingerprint density at radius 3 is 2.44 bits per heavy atom. The summed E-state index contributed by atoms with van der Waals surface area (Å²) in [6.07, 6.45) is 0. The van der Waals surface area contributed by atoms with E-state index in [4.69, 9.17) is 5.73 Å². The number of nitrogen functional groups attached to an aromatic ring is 1. The van der Waals surface area contributed by atoms with Gasteiger partial charge in [0, 0.05) is 11.4 Å². The zero-order valence-electron chi connectivity index (χ0n) is 9.09. The number of fused-ring (bicyclic) bond motifs is 1. The Hall–Kier alpha value is -1.71. The molecule has 2 nitrogen and oxygen atoms in total. The quantitative estimate of drug-likeness (QED) is 0.804. The first-order chi connectivity index (χ1) is 7.50. The van der Waals surface area contributed by atoms with Crippen LogP contribution in [0.1, 0.15) is 25.5 Å². The van der Waals surface area contributed by atoms with Gasteiger partial charge in [0.2, 0.25) is 0 Å². The maximum Gasteiger partial charge on any atom is 0.149 e. The predicted octanol–water partition coefficient (Wildman–Crippen LogP) is 3.22. The maximum absolute atomic E-state index is 13.5. The molecule has 0 aliphatic carbocycles. The van der Waals surface area contributed by atoms with E-state index in [9.17, 15) is 8.78 Å². The van der Waals surface area contributed by atoms with Crippen LogP contribution < -0.4 is 5.73 Å². The average molecular weight is 222 g/mol. The van der Waals surface area contributed by atoms with Crippen molar-refractivity contribution in [1.29, 1.82) is 0 Å². The Labute approximate surface area is 92.1 Å². The van der Waals surface area contributed by atoms with Crippen molar-refractivity contribution in [2.45, 2.75) is 19.8 Å². The highest BCUT2D eigenvalue weighted by molar-refractivity contribution is 5.91. The number of nitrogens with zero attached hydrogens (tertiary/aromatic N) is 1. The Morgan fingerprint density at radius 2 is 1.81 bits per heavy atom. The van der Waals surface area contributed by atoms with Crippen molar-refractivity contribution in [3.63, 3.8) is 0 Å². The van der Waals surface area contributed by atoms with Crippen molar-refractivity contribution in [2.24, 2.45) is 0 Å². The van der Waals surface area contributed by atoms with E-state index in [1.165, 1.54) is 0 Å². The van der Waals surface area contributed by atoms with Crippen LogP contribution >= 0.6 is 0 Å². The summed E-state index contributed by atoms with van der Waals surface area (Å²) in [7, 11) is 0. The van der Waals surface area contributed by atoms with Crippen molar-refractivity contribution in [2.75, 3.05) is 5.73 Å². The smallest absolute Gasteiger partial charge is 0.149 e. The van der Waals surface area contributed by atoms with Crippen molar-refractivity contribution < 1.29 is 8.78 Å². The lowest BCUT2D eigenvalue weighted by atomic mass is 10.1. The second-order valence-electron chi connectivity index (χ2n) is 4.04. The minimum Gasteiger partial charge on any atom is -0.398 e. The number of hydrogen-bond donors (Lipinski definition) is 1. The highest BCUT2D eigenvalue weighted by Gasteiger charge is 2.13. The molecule has 2 rings (SSSR count). The van der Waals surface area contributed by atoms with Gasteiger partial charge >= 0.3 is 0 Å². The first kappa shape index (κ1) is 10.8. The van der Waals surface area contributed by atoms with E-state index < -0.39 is 11.6 Å². The molecule has 0 saturated heterocycles. The molecular formula is C12H12F2N2. The summed E-state index contributed by atoms with van der Waals surface area (Å²) in [4.78, 5) is 4.10. The van der Waals surface area contributed by atoms with Crippen LogP contribution in [-0.4, -0.2) is 4.98 Å². The molecule has 0 radical (unpaired) electrons. The first-order valence-electron chi connectivity index (χ1n) is 5.05. The van der Waals surface area contributed by atoms with Crippen LogP contribution in [0.3, 0.4) is 0 Å². The van der Waals surface area contributed by atoms with Gasteiger partial charge in [-0.15, -0.1) is 0 Å². The van der Waals surface area contributed by atoms with E-state index in [0.717, 1.165) is 12.1 Å². The minimum absolute atomic E-state index is 0.00343. The topological polar surface area (TPSA) is 38.9 Å². The molecule has 84 valence electrons. The van der Waals surface area contributed by atoms with Crippen LogP contribution in [0.4, 0.5) is 14.5 Å². The molecule has 0 saturated carbocycles. The van der Waals surface area contributed by atoms with E-state index in [1.807, 2.05) is 13.8 Å². The fourth-order valence-electron chi connectivity index (χ4n) is 1.61. The normalized spacial score (nSPS) is 11.3. The summed E-state index contributed by atoms with van der Waals surface area (Å²) in [5, 5.41) is 0.0596. The molecule has 0 unspecified atom stereocenters. The van der Waals surface area contributed by atoms with Gasteiger partial charge in [-0.3, -0.25) is 0 Å². The van der Waals surface area contributed by atoms with Gasteiger partial charge < -0.3 is 5.73 Å². The van der Waals surface area contributed by atoms with Crippen LogP contribution in [0.5, 0.6) is 0 Å². The maximum atomic E-state index is 13.5. The van der Waals surface area contributed by atoms with Gasteiger partial charge in [0.15, 0.2) is 0 Å². The highest BCUT2D eigenvalue weighted by atomic mass is 19.1. The first-order valence-corrected chi connectivity index (χ1v) is 5.05. The molecule has 1 aromatic heterocycles. The third-order valence-corrected chi connectivity index (χ3v) is 2.50. The van der Waals surface area contributed by atoms with Crippen LogP contribution in [-0.2, 0) is 0 Å². The lowest BCUT2D eigenvalue weighted by molar-refractivity contribution is 0.614. The number of pyridine rings is 1. The summed E-state index contributed by atoms with van der Waals surface area (Å²) in [5.74, 6) is -0.975. The molecule has 0 spiro atoms. The number of hydrogen-bond acceptors (Lipinski definition) is 2. The zero-order valence-corrected chi connectivity index (χ0v) is 9.09. The van der Waals surface area contributed by atoms with Crippen molar-refractivity contribution in [3.05, 3.63) is 35.5 Å². The average Bonchev–Trinajstić information content (AvgIpc) is 2.22. The molecule has 0 aliphatic heterocycles. The largest absolute Gasteiger partial charge is 0.398 e. The second kappa shape index (κ2) is 3.70. The fourth-order valence-corrected chi connectivity index (χ4v) is 1.61. The standard InChI is InChI=1S/C12H12F2N2/c1-6(2)10-5-9(15)11-7(13)3-4-8(14)12(11)16-10/h3-6H,1-2H3,(H2,15,16). The molecule has 0 aliphatic rings. The van der Waals surface area contributed by atoms with E-state index in [1.54, 1.807) is 6.07 Å². The van der Waals surface area contributed by atoms with E-state index in [2.05, 4.69) is 4.98 Å². The SMILES string of the molecule is CC(C)c1cc(N)c2c(F)ccc(F)c2n1. The molecule has 2 N–H and O–H groups in total. The van der Waals surface area contributed by atoms with Gasteiger partial charge in [-0.25, -0.2) is 13.8 Å². The highest BCUT2D eigenvalue weighted by Crippen LogP contribution is 2.27. The molecular weight excluding hydrogens is 210 g/mol. The lowest BCUT2D eigenvalue weighted by Crippen LogP contribution is -2.00. The Kier molecular flexibility index (Phi) is 2.50. The fraction of sp³-hybridized carbons (Fsp3) is 0.250. The van der Waals surface area contributed by atoms with Gasteiger partial charge in [-0.1, -0.05) is 13.8 Å². The monoisotopic (exact) mass is 222 g/mol. The molecule has 2 aromatic rings. The third-order valence-electron chi connectivity index (χ3n) is 2.50. The number of anilines is 1. The Balaban J connectivity index is 2.86. The summed E-state index contributed by atoms with van der Waals surface area (Å²) in [6, 6.07) is 3.72. The summed E-state index contributed by atoms with van der Waals surface area (Å²) >= 11 is 0. The summed E-state index contributed by atoms with van der Waals surface area (Å²) in [6.45, 7) is 3.84. The number of nitrogens with two attached hydrogens (primary N) is 1. The third kappa shape index (κ3) is 1.60. The van der Waals surface area contributed by atoms with Gasteiger partial charge in [0.25, 0.3) is 0 Å². The second-order valence-corrected chi connectivity index (χ2v) is 4.04. The molecule has 1 aromatic carbocycles. The Morgan fingerprint density at radius 1 is 1.19 bits per heavy atom. The van der Waals surface area contributed by atoms with E-state index >= 15 is 0 Å². The van der Waals surface area contributed by atoms with Crippen molar-refractivity contribution in [1.82, 2.24) is 4.98 Å². The minimum atomic E-state index is -0.550. The van der Waals surface area contributed by atoms with Crippen LogP contribution in [0.25, 0.3) is 10.9 Å². The molecule has 1 heterocycles. The summed E-state index contributed by atoms with van der Waals surface area (Å²) < 4.78 is 27.0. The van der Waals surface area contributed by atoms with Crippen LogP contribution in [0.2, 0.25) is 0 Å². The molecule has 16 heavy (non-hydrogen) atoms. The number of benzene rings is 1. The molecule has 0 amide bonds. The number of halogens is 2. The molecule has 4 heteroatoms. The van der Waals surface area contributed by atoms with Gasteiger partial charge in [-0.2, -0.15) is 0 Å². The van der Waals surface area contributed by atoms with E-state index in [0.29, 0.717) is 5.69 Å².